The van der Waals surface area contributed by atoms with Gasteiger partial charge in [0.2, 0.25) is 0 Å². The number of anilines is 1. The monoisotopic (exact) mass is 423 g/mol. The fourth-order valence-electron chi connectivity index (χ4n) is 3.75. The van der Waals surface area contributed by atoms with E-state index < -0.39 is 5.97 Å². The maximum Gasteiger partial charge on any atom is 0.336 e. The number of methoxy groups -OCH3 is 1. The van der Waals surface area contributed by atoms with Crippen LogP contribution in [0, 0.1) is 0 Å². The third-order valence-electron chi connectivity index (χ3n) is 5.43. The Morgan fingerprint density at radius 2 is 2.10 bits per heavy atom. The summed E-state index contributed by atoms with van der Waals surface area (Å²) in [5.41, 5.74) is 4.23. The lowest BCUT2D eigenvalue weighted by Crippen LogP contribution is -2.31. The zero-order chi connectivity index (χ0) is 21.1. The first-order valence-electron chi connectivity index (χ1n) is 10.2. The van der Waals surface area contributed by atoms with Crippen molar-refractivity contribution < 1.29 is 14.6 Å². The van der Waals surface area contributed by atoms with Gasteiger partial charge in [0.15, 0.2) is 5.82 Å². The molecule has 0 bridgehead atoms. The number of unbranched alkanes of at least 4 members (excludes halogenated alkanes) is 1. The van der Waals surface area contributed by atoms with Crippen molar-refractivity contribution in [2.45, 2.75) is 39.2 Å². The van der Waals surface area contributed by atoms with Crippen LogP contribution in [-0.4, -0.2) is 34.7 Å². The van der Waals surface area contributed by atoms with Crippen LogP contribution in [0.3, 0.4) is 0 Å². The highest BCUT2D eigenvalue weighted by Crippen LogP contribution is 2.35. The molecule has 1 aliphatic rings. The van der Waals surface area contributed by atoms with E-state index in [9.17, 15) is 9.90 Å². The van der Waals surface area contributed by atoms with Crippen molar-refractivity contribution in [2.24, 2.45) is 0 Å². The maximum absolute atomic E-state index is 11.5. The first kappa shape index (κ1) is 20.3. The molecule has 7 heteroatoms. The van der Waals surface area contributed by atoms with E-state index in [4.69, 9.17) is 14.7 Å². The van der Waals surface area contributed by atoms with Gasteiger partial charge in [0.1, 0.15) is 11.4 Å². The summed E-state index contributed by atoms with van der Waals surface area (Å²) < 4.78 is 5.28. The number of benzene rings is 1. The number of hydrogen-bond donors (Lipinski definition) is 1. The van der Waals surface area contributed by atoms with Gasteiger partial charge >= 0.3 is 5.97 Å². The fraction of sp³-hybridized carbons (Fsp3) is 0.348. The fourth-order valence-corrected chi connectivity index (χ4v) is 4.84. The largest absolute Gasteiger partial charge is 0.497 e. The molecular weight excluding hydrogens is 398 g/mol. The second-order valence-corrected chi connectivity index (χ2v) is 8.36. The minimum atomic E-state index is -0.846. The summed E-state index contributed by atoms with van der Waals surface area (Å²) >= 11 is 1.52. The van der Waals surface area contributed by atoms with E-state index in [2.05, 4.69) is 11.8 Å². The van der Waals surface area contributed by atoms with Crippen LogP contribution in [-0.2, 0) is 19.4 Å². The second kappa shape index (κ2) is 8.83. The average Bonchev–Trinajstić information content (AvgIpc) is 3.21. The van der Waals surface area contributed by atoms with Gasteiger partial charge in [0.05, 0.1) is 24.9 Å². The van der Waals surface area contributed by atoms with Gasteiger partial charge in [-0.3, -0.25) is 4.98 Å². The molecule has 0 aliphatic carbocycles. The van der Waals surface area contributed by atoms with Crippen LogP contribution < -0.4 is 9.64 Å². The number of nitrogens with zero attached hydrogens (tertiary/aromatic N) is 3. The lowest BCUT2D eigenvalue weighted by atomic mass is 10.0. The van der Waals surface area contributed by atoms with Crippen LogP contribution in [0.4, 0.5) is 5.82 Å². The van der Waals surface area contributed by atoms with Crippen molar-refractivity contribution in [3.05, 3.63) is 57.5 Å². The third-order valence-corrected chi connectivity index (χ3v) is 6.44. The maximum atomic E-state index is 11.5. The van der Waals surface area contributed by atoms with Crippen molar-refractivity contribution in [2.75, 3.05) is 18.6 Å². The van der Waals surface area contributed by atoms with Gasteiger partial charge in [-0.15, -0.1) is 11.3 Å². The molecule has 2 aromatic heterocycles. The molecule has 1 aliphatic heterocycles. The highest BCUT2D eigenvalue weighted by Gasteiger charge is 2.26. The summed E-state index contributed by atoms with van der Waals surface area (Å²) in [4.78, 5) is 24.6. The molecule has 1 N–H and O–H groups in total. The van der Waals surface area contributed by atoms with Crippen LogP contribution in [0.1, 0.15) is 46.3 Å². The van der Waals surface area contributed by atoms with Crippen LogP contribution in [0.25, 0.3) is 11.3 Å². The van der Waals surface area contributed by atoms with Crippen LogP contribution >= 0.6 is 11.3 Å². The molecule has 3 aromatic rings. The zero-order valence-electron chi connectivity index (χ0n) is 17.2. The van der Waals surface area contributed by atoms with Crippen molar-refractivity contribution in [1.82, 2.24) is 9.97 Å². The normalized spacial score (nSPS) is 13.2. The first-order valence-corrected chi connectivity index (χ1v) is 11.1. The number of aromatic carboxylic acids is 1. The molecule has 30 heavy (non-hydrogen) atoms. The Labute approximate surface area is 180 Å². The summed E-state index contributed by atoms with van der Waals surface area (Å²) in [5, 5.41) is 11.2. The molecule has 0 saturated heterocycles. The average molecular weight is 424 g/mol. The summed E-state index contributed by atoms with van der Waals surface area (Å²) in [6.45, 7) is 3.55. The van der Waals surface area contributed by atoms with E-state index in [1.54, 1.807) is 12.5 Å². The van der Waals surface area contributed by atoms with E-state index in [0.717, 1.165) is 64.8 Å². The molecule has 0 spiro atoms. The van der Waals surface area contributed by atoms with Crippen LogP contribution in [0.15, 0.2) is 35.8 Å². The molecular formula is C23H25N3O3S. The minimum absolute atomic E-state index is 0.438. The summed E-state index contributed by atoms with van der Waals surface area (Å²) in [7, 11) is 1.65. The van der Waals surface area contributed by atoms with Gasteiger partial charge in [0.25, 0.3) is 0 Å². The smallest absolute Gasteiger partial charge is 0.336 e. The van der Waals surface area contributed by atoms with Crippen molar-refractivity contribution in [3.8, 4) is 17.0 Å². The van der Waals surface area contributed by atoms with Gasteiger partial charge < -0.3 is 14.7 Å². The summed E-state index contributed by atoms with van der Waals surface area (Å²) in [5.74, 6) is 0.821. The number of hydrogen-bond acceptors (Lipinski definition) is 6. The molecule has 1 aromatic carbocycles. The number of aromatic nitrogens is 2. The number of carbonyl (C=O) groups is 1. The van der Waals surface area contributed by atoms with Gasteiger partial charge in [0, 0.05) is 28.6 Å². The third kappa shape index (κ3) is 4.03. The number of ether oxygens (including phenoxy) is 1. The molecule has 0 amide bonds. The molecule has 6 nitrogen and oxygen atoms in total. The minimum Gasteiger partial charge on any atom is -0.497 e. The van der Waals surface area contributed by atoms with Crippen molar-refractivity contribution >= 4 is 23.1 Å². The number of carboxylic acid groups (broad SMARTS) is 1. The highest BCUT2D eigenvalue weighted by atomic mass is 32.1. The first-order chi connectivity index (χ1) is 14.6. The number of fused-ring (bicyclic) bond motifs is 1. The number of thiophene rings is 1. The highest BCUT2D eigenvalue weighted by molar-refractivity contribution is 7.10. The number of aryl methyl sites for hydroxylation is 1. The molecule has 0 saturated carbocycles. The van der Waals surface area contributed by atoms with Gasteiger partial charge in [-0.05, 0) is 49.1 Å². The Bertz CT molecular complexity index is 1050. The molecule has 0 radical (unpaired) electrons. The Morgan fingerprint density at radius 3 is 2.80 bits per heavy atom. The van der Waals surface area contributed by atoms with E-state index in [1.807, 2.05) is 30.5 Å². The molecule has 0 atom stereocenters. The Kier molecular flexibility index (Phi) is 5.99. The van der Waals surface area contributed by atoms with E-state index in [1.165, 1.54) is 11.3 Å². The zero-order valence-corrected chi connectivity index (χ0v) is 18.0. The standard InChI is InChI=1S/C23H25N3O3S/c1-3-4-5-16-12-24-21(15-6-8-17(29-2)9-7-15)22(25-16)26-11-10-18-19(23(27)28)14-30-20(18)13-26/h6-9,12,14H,3-5,10-11,13H2,1-2H3,(H,27,28). The molecule has 3 heterocycles. The van der Waals surface area contributed by atoms with Crippen molar-refractivity contribution in [1.29, 1.82) is 0 Å². The molecule has 0 unspecified atom stereocenters. The van der Waals surface area contributed by atoms with Gasteiger partial charge in [-0.2, -0.15) is 0 Å². The van der Waals surface area contributed by atoms with Crippen LogP contribution in [0.5, 0.6) is 5.75 Å². The summed E-state index contributed by atoms with van der Waals surface area (Å²) in [6.07, 6.45) is 5.66. The van der Waals surface area contributed by atoms with E-state index >= 15 is 0 Å². The Balaban J connectivity index is 1.71. The van der Waals surface area contributed by atoms with E-state index in [0.29, 0.717) is 18.5 Å². The van der Waals surface area contributed by atoms with Crippen molar-refractivity contribution in [3.63, 3.8) is 0 Å². The molecule has 4 rings (SSSR count). The van der Waals surface area contributed by atoms with E-state index in [-0.39, 0.29) is 0 Å². The summed E-state index contributed by atoms with van der Waals surface area (Å²) in [6, 6.07) is 7.86. The Hall–Kier alpha value is -2.93. The molecule has 156 valence electrons. The number of carboxylic acids is 1. The lowest BCUT2D eigenvalue weighted by Gasteiger charge is -2.30. The predicted molar refractivity (Wildman–Crippen MR) is 119 cm³/mol. The Morgan fingerprint density at radius 1 is 1.30 bits per heavy atom. The SMILES string of the molecule is CCCCc1cnc(-c2ccc(OC)cc2)c(N2CCc3c(C(=O)O)csc3C2)n1. The second-order valence-electron chi connectivity index (χ2n) is 7.39. The molecule has 0 fully saturated rings. The quantitative estimate of drug-likeness (QED) is 0.587. The number of rotatable bonds is 7. The predicted octanol–water partition coefficient (Wildman–Crippen LogP) is 4.82. The van der Waals surface area contributed by atoms with Gasteiger partial charge in [-0.1, -0.05) is 13.3 Å². The lowest BCUT2D eigenvalue weighted by molar-refractivity contribution is 0.0696. The topological polar surface area (TPSA) is 75.5 Å². The van der Waals surface area contributed by atoms with Gasteiger partial charge in [-0.25, -0.2) is 9.78 Å². The van der Waals surface area contributed by atoms with Crippen LogP contribution in [0.2, 0.25) is 0 Å².